The summed E-state index contributed by atoms with van der Waals surface area (Å²) in [6, 6.07) is 1.79. The van der Waals surface area contributed by atoms with E-state index in [9.17, 15) is 13.2 Å². The number of sulfonamides is 1. The zero-order chi connectivity index (χ0) is 20.1. The van der Waals surface area contributed by atoms with Crippen LogP contribution in [-0.4, -0.2) is 78.0 Å². The van der Waals surface area contributed by atoms with Crippen LogP contribution in [-0.2, 0) is 14.8 Å². The van der Waals surface area contributed by atoms with Crippen molar-refractivity contribution in [2.24, 2.45) is 17.8 Å². The third-order valence-corrected chi connectivity index (χ3v) is 8.93. The van der Waals surface area contributed by atoms with Gasteiger partial charge in [0.25, 0.3) is 0 Å². The van der Waals surface area contributed by atoms with Crippen molar-refractivity contribution in [2.45, 2.75) is 32.2 Å². The van der Waals surface area contributed by atoms with Crippen molar-refractivity contribution < 1.29 is 13.2 Å². The van der Waals surface area contributed by atoms with Gasteiger partial charge in [-0.05, 0) is 24.8 Å². The normalized spacial score (nSPS) is 27.8. The fourth-order valence-electron chi connectivity index (χ4n) is 5.32. The maximum atomic E-state index is 13.0. The Hall–Kier alpha value is -1.74. The zero-order valence-electron chi connectivity index (χ0n) is 16.8. The summed E-state index contributed by atoms with van der Waals surface area (Å²) in [5, 5.41) is 0. The van der Waals surface area contributed by atoms with Gasteiger partial charge in [0, 0.05) is 51.5 Å². The highest BCUT2D eigenvalue weighted by molar-refractivity contribution is 7.89. The molecule has 3 fully saturated rings. The molecule has 0 aromatic carbocycles. The monoisotopic (exact) mass is 407 g/mol. The number of hydrogen-bond acceptors (Lipinski definition) is 6. The van der Waals surface area contributed by atoms with E-state index < -0.39 is 10.0 Å². The predicted octanol–water partition coefficient (Wildman–Crippen LogP) is 0.821. The summed E-state index contributed by atoms with van der Waals surface area (Å²) in [4.78, 5) is 25.7. The van der Waals surface area contributed by atoms with Gasteiger partial charge in [-0.15, -0.1) is 0 Å². The van der Waals surface area contributed by atoms with E-state index in [1.807, 2.05) is 25.8 Å². The molecule has 2 atom stereocenters. The first-order chi connectivity index (χ1) is 13.2. The van der Waals surface area contributed by atoms with Gasteiger partial charge < -0.3 is 9.80 Å². The topological polar surface area (TPSA) is 86.7 Å². The fraction of sp³-hybridized carbons (Fsp3) is 0.737. The van der Waals surface area contributed by atoms with Gasteiger partial charge in [0.05, 0.1) is 17.2 Å². The highest BCUT2D eigenvalue weighted by Gasteiger charge is 2.61. The maximum Gasteiger partial charge on any atom is 0.228 e. The Morgan fingerprint density at radius 3 is 2.43 bits per heavy atom. The van der Waals surface area contributed by atoms with Crippen LogP contribution in [0, 0.1) is 17.8 Å². The van der Waals surface area contributed by atoms with Crippen molar-refractivity contribution in [3.8, 4) is 0 Å². The molecule has 3 aliphatic heterocycles. The molecule has 4 heterocycles. The Balaban J connectivity index is 1.53. The van der Waals surface area contributed by atoms with E-state index in [-0.39, 0.29) is 35.0 Å². The lowest BCUT2D eigenvalue weighted by Crippen LogP contribution is -2.57. The first kappa shape index (κ1) is 19.6. The molecule has 0 aliphatic carbocycles. The number of hydrogen-bond donors (Lipinski definition) is 0. The molecule has 3 saturated heterocycles. The molecule has 1 spiro atoms. The van der Waals surface area contributed by atoms with Gasteiger partial charge in [-0.25, -0.2) is 22.7 Å². The number of amides is 1. The highest BCUT2D eigenvalue weighted by Crippen LogP contribution is 2.49. The lowest BCUT2D eigenvalue weighted by molar-refractivity contribution is -0.132. The Kier molecular flexibility index (Phi) is 4.86. The zero-order valence-corrected chi connectivity index (χ0v) is 17.6. The summed E-state index contributed by atoms with van der Waals surface area (Å²) >= 11 is 0. The van der Waals surface area contributed by atoms with Crippen molar-refractivity contribution in [3.05, 3.63) is 18.5 Å². The van der Waals surface area contributed by atoms with Gasteiger partial charge in [0.15, 0.2) is 0 Å². The van der Waals surface area contributed by atoms with E-state index in [4.69, 9.17) is 0 Å². The lowest BCUT2D eigenvalue weighted by atomic mass is 9.75. The van der Waals surface area contributed by atoms with Crippen LogP contribution in [0.2, 0.25) is 0 Å². The summed E-state index contributed by atoms with van der Waals surface area (Å²) < 4.78 is 26.9. The average Bonchev–Trinajstić information content (AvgIpc) is 3.18. The van der Waals surface area contributed by atoms with E-state index in [0.717, 1.165) is 6.54 Å². The molecule has 3 aliphatic rings. The number of likely N-dealkylation sites (tertiary alicyclic amines) is 1. The first-order valence-electron chi connectivity index (χ1n) is 10.0. The maximum absolute atomic E-state index is 13.0. The van der Waals surface area contributed by atoms with Crippen LogP contribution < -0.4 is 4.90 Å². The van der Waals surface area contributed by atoms with Gasteiger partial charge in [0.2, 0.25) is 21.9 Å². The molecule has 1 aromatic rings. The summed E-state index contributed by atoms with van der Waals surface area (Å²) in [7, 11) is -1.35. The van der Waals surface area contributed by atoms with Crippen molar-refractivity contribution in [3.63, 3.8) is 0 Å². The fourth-order valence-corrected chi connectivity index (χ4v) is 7.11. The van der Waals surface area contributed by atoms with E-state index >= 15 is 0 Å². The Morgan fingerprint density at radius 1 is 1.18 bits per heavy atom. The van der Waals surface area contributed by atoms with E-state index in [0.29, 0.717) is 38.4 Å². The number of carbonyl (C=O) groups is 1. The summed E-state index contributed by atoms with van der Waals surface area (Å²) in [6.07, 6.45) is 4.82. The van der Waals surface area contributed by atoms with E-state index in [1.54, 1.807) is 22.8 Å². The van der Waals surface area contributed by atoms with Crippen molar-refractivity contribution in [1.82, 2.24) is 19.2 Å². The second-order valence-electron chi connectivity index (χ2n) is 8.74. The molecule has 4 rings (SSSR count). The number of fused-ring (bicyclic) bond motifs is 2. The molecule has 28 heavy (non-hydrogen) atoms. The molecule has 0 saturated carbocycles. The SMILES string of the molecule is CC(C)CS(=O)(=O)N1CCC2(CC1)[C@H]1CN(c3ncccn3)C[C@@H]1C(=O)N2C. The Labute approximate surface area is 167 Å². The van der Waals surface area contributed by atoms with Gasteiger partial charge in [-0.2, -0.15) is 0 Å². The smallest absolute Gasteiger partial charge is 0.228 e. The van der Waals surface area contributed by atoms with Gasteiger partial charge in [-0.1, -0.05) is 13.8 Å². The second-order valence-corrected chi connectivity index (χ2v) is 10.8. The van der Waals surface area contributed by atoms with Crippen LogP contribution in [0.1, 0.15) is 26.7 Å². The molecule has 0 unspecified atom stereocenters. The van der Waals surface area contributed by atoms with Gasteiger partial charge in [0.1, 0.15) is 0 Å². The molecule has 1 aromatic heterocycles. The van der Waals surface area contributed by atoms with Crippen LogP contribution in [0.25, 0.3) is 0 Å². The minimum atomic E-state index is -3.24. The van der Waals surface area contributed by atoms with Crippen molar-refractivity contribution >= 4 is 21.9 Å². The number of rotatable bonds is 4. The average molecular weight is 408 g/mol. The van der Waals surface area contributed by atoms with Crippen molar-refractivity contribution in [1.29, 1.82) is 0 Å². The minimum absolute atomic E-state index is 0.0624. The standard InChI is InChI=1S/C19H29N5O3S/c1-14(2)13-28(26,27)24-9-5-19(6-10-24)16-12-23(18-20-7-4-8-21-18)11-15(16)17(25)22(19)3/h4,7-8,14-16H,5-6,9-13H2,1-3H3/t15-,16-/m0/s1. The summed E-state index contributed by atoms with van der Waals surface area (Å²) in [5.41, 5.74) is -0.269. The van der Waals surface area contributed by atoms with Crippen molar-refractivity contribution in [2.75, 3.05) is 43.9 Å². The minimum Gasteiger partial charge on any atom is -0.340 e. The third kappa shape index (κ3) is 3.08. The van der Waals surface area contributed by atoms with Crippen LogP contribution in [0.3, 0.4) is 0 Å². The van der Waals surface area contributed by atoms with Crippen LogP contribution >= 0.6 is 0 Å². The van der Waals surface area contributed by atoms with E-state index in [1.165, 1.54) is 0 Å². The Morgan fingerprint density at radius 2 is 1.82 bits per heavy atom. The lowest BCUT2D eigenvalue weighted by Gasteiger charge is -2.46. The number of carbonyl (C=O) groups excluding carboxylic acids is 1. The number of anilines is 1. The molecule has 1 amide bonds. The van der Waals surface area contributed by atoms with Gasteiger partial charge >= 0.3 is 0 Å². The molecule has 0 bridgehead atoms. The van der Waals surface area contributed by atoms with Crippen LogP contribution in [0.5, 0.6) is 0 Å². The number of piperidine rings is 1. The summed E-state index contributed by atoms with van der Waals surface area (Å²) in [5.74, 6) is 1.24. The summed E-state index contributed by atoms with van der Waals surface area (Å²) in [6.45, 7) is 6.19. The van der Waals surface area contributed by atoms with E-state index in [2.05, 4.69) is 14.9 Å². The quantitative estimate of drug-likeness (QED) is 0.735. The molecule has 9 heteroatoms. The van der Waals surface area contributed by atoms with Gasteiger partial charge in [-0.3, -0.25) is 4.79 Å². The largest absolute Gasteiger partial charge is 0.340 e. The third-order valence-electron chi connectivity index (χ3n) is 6.69. The Bertz CT molecular complexity index is 836. The molecule has 154 valence electrons. The molecule has 8 nitrogen and oxygen atoms in total. The molecule has 0 N–H and O–H groups in total. The predicted molar refractivity (Wildman–Crippen MR) is 106 cm³/mol. The number of nitrogens with zero attached hydrogens (tertiary/aromatic N) is 5. The van der Waals surface area contributed by atoms with Crippen LogP contribution in [0.15, 0.2) is 18.5 Å². The van der Waals surface area contributed by atoms with Crippen LogP contribution in [0.4, 0.5) is 5.95 Å². The second kappa shape index (κ2) is 6.95. The number of aromatic nitrogens is 2. The molecule has 0 radical (unpaired) electrons. The first-order valence-corrected chi connectivity index (χ1v) is 11.6. The highest BCUT2D eigenvalue weighted by atomic mass is 32.2. The molecular weight excluding hydrogens is 378 g/mol. The molecular formula is C19H29N5O3S.